The molecule has 5 nitrogen and oxygen atoms in total. The fourth-order valence-corrected chi connectivity index (χ4v) is 5.76. The molecule has 1 unspecified atom stereocenters. The van der Waals surface area contributed by atoms with Gasteiger partial charge < -0.3 is 14.8 Å². The van der Waals surface area contributed by atoms with Crippen LogP contribution < -0.4 is 15.8 Å². The highest BCUT2D eigenvalue weighted by Crippen LogP contribution is 2.47. The number of anilines is 2. The van der Waals surface area contributed by atoms with Gasteiger partial charge in [0.05, 0.1) is 22.9 Å². The van der Waals surface area contributed by atoms with Crippen LogP contribution in [0.2, 0.25) is 5.02 Å². The number of rotatable bonds is 5. The van der Waals surface area contributed by atoms with Crippen molar-refractivity contribution in [1.82, 2.24) is 4.57 Å². The Balaban J connectivity index is 1.86. The van der Waals surface area contributed by atoms with Crippen LogP contribution in [0, 0.1) is 5.41 Å². The second-order valence-electron chi connectivity index (χ2n) is 10.3. The van der Waals surface area contributed by atoms with Crippen molar-refractivity contribution in [1.29, 1.82) is 0 Å². The molecule has 3 aromatic rings. The number of hydrogen-bond acceptors (Lipinski definition) is 4. The van der Waals surface area contributed by atoms with Crippen molar-refractivity contribution in [2.24, 2.45) is 5.41 Å². The summed E-state index contributed by atoms with van der Waals surface area (Å²) in [4.78, 5) is 30.1. The number of Topliss-reactive ketones (excluding diaryl/α,β-unsaturated/α-hetero) is 1. The number of para-hydroxylation sites is 2. The predicted molar refractivity (Wildman–Crippen MR) is 149 cm³/mol. The standard InChI is InChI=1S/C30H30ClN3O2/c1-5-13-33-24-10-8-7-9-22(24)32-23-17-30(3,4)18-26(35)27(23)28(33)21-15-19-11-12-20(31)16-25(19)34(14-6-2)29(21)36/h5-12,15-16,28,32H,1-2,13-14,17-18H2,3-4H3. The zero-order chi connectivity index (χ0) is 25.6. The minimum Gasteiger partial charge on any atom is -0.357 e. The number of hydrogen-bond donors (Lipinski definition) is 1. The Labute approximate surface area is 216 Å². The third-order valence-electron chi connectivity index (χ3n) is 7.02. The molecule has 1 aromatic heterocycles. The number of fused-ring (bicyclic) bond motifs is 2. The van der Waals surface area contributed by atoms with Crippen molar-refractivity contribution >= 4 is 39.7 Å². The van der Waals surface area contributed by atoms with Crippen molar-refractivity contribution in [2.45, 2.75) is 39.3 Å². The second-order valence-corrected chi connectivity index (χ2v) is 10.8. The summed E-state index contributed by atoms with van der Waals surface area (Å²) >= 11 is 6.29. The summed E-state index contributed by atoms with van der Waals surface area (Å²) in [6.07, 6.45) is 4.66. The smallest absolute Gasteiger partial charge is 0.256 e. The number of halogens is 1. The normalized spacial score (nSPS) is 18.8. The van der Waals surface area contributed by atoms with Crippen LogP contribution in [-0.2, 0) is 11.3 Å². The van der Waals surface area contributed by atoms with E-state index in [4.69, 9.17) is 11.6 Å². The van der Waals surface area contributed by atoms with Crippen molar-refractivity contribution in [3.05, 3.63) is 106 Å². The Morgan fingerprint density at radius 2 is 1.81 bits per heavy atom. The number of nitrogens with zero attached hydrogens (tertiary/aromatic N) is 2. The van der Waals surface area contributed by atoms with E-state index in [0.29, 0.717) is 42.1 Å². The number of nitrogens with one attached hydrogen (secondary N) is 1. The van der Waals surface area contributed by atoms with Gasteiger partial charge in [-0.2, -0.15) is 0 Å². The van der Waals surface area contributed by atoms with Gasteiger partial charge in [-0.1, -0.05) is 55.8 Å². The highest BCUT2D eigenvalue weighted by atomic mass is 35.5. The molecular weight excluding hydrogens is 470 g/mol. The van der Waals surface area contributed by atoms with E-state index in [2.05, 4.69) is 37.2 Å². The van der Waals surface area contributed by atoms with Gasteiger partial charge in [0, 0.05) is 41.4 Å². The molecule has 1 N–H and O–H groups in total. The van der Waals surface area contributed by atoms with Crippen molar-refractivity contribution in [2.75, 3.05) is 16.8 Å². The van der Waals surface area contributed by atoms with E-state index < -0.39 is 6.04 Å². The molecular formula is C30H30ClN3O2. The van der Waals surface area contributed by atoms with Gasteiger partial charge in [-0.05, 0) is 47.6 Å². The molecule has 0 fully saturated rings. The van der Waals surface area contributed by atoms with E-state index in [0.717, 1.165) is 28.0 Å². The average molecular weight is 500 g/mol. The molecule has 0 saturated carbocycles. The molecule has 6 heteroatoms. The molecule has 2 heterocycles. The lowest BCUT2D eigenvalue weighted by molar-refractivity contribution is -0.118. The summed E-state index contributed by atoms with van der Waals surface area (Å²) in [7, 11) is 0. The predicted octanol–water partition coefficient (Wildman–Crippen LogP) is 6.64. The van der Waals surface area contributed by atoms with Gasteiger partial charge in [-0.25, -0.2) is 0 Å². The molecule has 1 aliphatic carbocycles. The molecule has 1 atom stereocenters. The quantitative estimate of drug-likeness (QED) is 0.399. The number of benzene rings is 2. The summed E-state index contributed by atoms with van der Waals surface area (Å²) in [6.45, 7) is 12.9. The molecule has 0 radical (unpaired) electrons. The van der Waals surface area contributed by atoms with Gasteiger partial charge in [0.1, 0.15) is 0 Å². The first-order chi connectivity index (χ1) is 17.2. The molecule has 0 bridgehead atoms. The van der Waals surface area contributed by atoms with Crippen LogP contribution in [0.4, 0.5) is 11.4 Å². The fraction of sp³-hybridized carbons (Fsp3) is 0.267. The Morgan fingerprint density at radius 3 is 2.56 bits per heavy atom. The Hall–Kier alpha value is -3.57. The third kappa shape index (κ3) is 4.07. The zero-order valence-electron chi connectivity index (χ0n) is 20.7. The number of aromatic nitrogens is 1. The van der Waals surface area contributed by atoms with Crippen LogP contribution >= 0.6 is 11.6 Å². The zero-order valence-corrected chi connectivity index (χ0v) is 21.4. The summed E-state index contributed by atoms with van der Waals surface area (Å²) in [6, 6.07) is 14.9. The number of ketones is 1. The number of allylic oxidation sites excluding steroid dienone is 2. The van der Waals surface area contributed by atoms with Crippen LogP contribution in [0.15, 0.2) is 89.9 Å². The monoisotopic (exact) mass is 499 g/mol. The maximum atomic E-state index is 14.1. The van der Waals surface area contributed by atoms with E-state index in [-0.39, 0.29) is 16.8 Å². The minimum absolute atomic E-state index is 0.0616. The molecule has 0 spiro atoms. The van der Waals surface area contributed by atoms with Crippen LogP contribution in [0.1, 0.15) is 38.3 Å². The van der Waals surface area contributed by atoms with Gasteiger partial charge in [0.15, 0.2) is 5.78 Å². The fourth-order valence-electron chi connectivity index (χ4n) is 5.59. The van der Waals surface area contributed by atoms with Crippen LogP contribution in [0.3, 0.4) is 0 Å². The SMILES string of the molecule is C=CCN1c2ccccc2NC2=C(C(=O)CC(C)(C)C2)C1c1cc2ccc(Cl)cc2n(CC=C)c1=O. The van der Waals surface area contributed by atoms with E-state index in [9.17, 15) is 9.59 Å². The van der Waals surface area contributed by atoms with Crippen molar-refractivity contribution < 1.29 is 4.79 Å². The highest BCUT2D eigenvalue weighted by Gasteiger charge is 2.42. The highest BCUT2D eigenvalue weighted by molar-refractivity contribution is 6.31. The average Bonchev–Trinajstić information content (AvgIpc) is 2.95. The Morgan fingerprint density at radius 1 is 1.06 bits per heavy atom. The largest absolute Gasteiger partial charge is 0.357 e. The number of carbonyl (C=O) groups is 1. The second kappa shape index (κ2) is 9.14. The maximum Gasteiger partial charge on any atom is 0.256 e. The van der Waals surface area contributed by atoms with E-state index in [1.54, 1.807) is 16.7 Å². The van der Waals surface area contributed by atoms with E-state index >= 15 is 0 Å². The van der Waals surface area contributed by atoms with Crippen LogP contribution in [-0.4, -0.2) is 16.9 Å². The summed E-state index contributed by atoms with van der Waals surface area (Å²) in [5.74, 6) is 0.0616. The summed E-state index contributed by atoms with van der Waals surface area (Å²) < 4.78 is 1.69. The molecule has 5 rings (SSSR count). The number of pyridine rings is 1. The molecule has 184 valence electrons. The first-order valence-electron chi connectivity index (χ1n) is 12.2. The van der Waals surface area contributed by atoms with E-state index in [1.807, 2.05) is 48.5 Å². The Bertz CT molecular complexity index is 1500. The third-order valence-corrected chi connectivity index (χ3v) is 7.26. The van der Waals surface area contributed by atoms with Gasteiger partial charge >= 0.3 is 0 Å². The molecule has 36 heavy (non-hydrogen) atoms. The molecule has 1 aliphatic heterocycles. The van der Waals surface area contributed by atoms with Crippen LogP contribution in [0.25, 0.3) is 10.9 Å². The maximum absolute atomic E-state index is 14.1. The van der Waals surface area contributed by atoms with E-state index in [1.165, 1.54) is 0 Å². The van der Waals surface area contributed by atoms with Gasteiger partial charge in [-0.3, -0.25) is 9.59 Å². The minimum atomic E-state index is -0.568. The lowest BCUT2D eigenvalue weighted by Gasteiger charge is -2.37. The van der Waals surface area contributed by atoms with Gasteiger partial charge in [0.25, 0.3) is 5.56 Å². The Kier molecular flexibility index (Phi) is 6.13. The number of carbonyl (C=O) groups excluding carboxylic acids is 1. The van der Waals surface area contributed by atoms with Crippen molar-refractivity contribution in [3.8, 4) is 0 Å². The molecule has 2 aromatic carbocycles. The van der Waals surface area contributed by atoms with Crippen molar-refractivity contribution in [3.63, 3.8) is 0 Å². The lowest BCUT2D eigenvalue weighted by Crippen LogP contribution is -2.39. The van der Waals surface area contributed by atoms with Gasteiger partial charge in [0.2, 0.25) is 0 Å². The van der Waals surface area contributed by atoms with Gasteiger partial charge in [-0.15, -0.1) is 13.2 Å². The van der Waals surface area contributed by atoms with Crippen LogP contribution in [0.5, 0.6) is 0 Å². The molecule has 2 aliphatic rings. The topological polar surface area (TPSA) is 54.3 Å². The molecule has 0 saturated heterocycles. The molecule has 0 amide bonds. The summed E-state index contributed by atoms with van der Waals surface area (Å²) in [5.41, 5.74) is 4.32. The lowest BCUT2D eigenvalue weighted by atomic mass is 9.73. The summed E-state index contributed by atoms with van der Waals surface area (Å²) in [5, 5.41) is 5.02. The first-order valence-corrected chi connectivity index (χ1v) is 12.6. The first kappa shape index (κ1) is 24.1.